The Hall–Kier alpha value is -2.59. The number of nitrogens with one attached hydrogen (secondary N) is 2. The summed E-state index contributed by atoms with van der Waals surface area (Å²) in [5, 5.41) is 15.5. The first kappa shape index (κ1) is 25.0. The van der Waals surface area contributed by atoms with Gasteiger partial charge in [-0.2, -0.15) is 5.26 Å². The van der Waals surface area contributed by atoms with Crippen molar-refractivity contribution in [2.24, 2.45) is 17.8 Å². The van der Waals surface area contributed by atoms with Gasteiger partial charge in [0.1, 0.15) is 0 Å². The molecule has 180 valence electrons. The molecule has 1 saturated carbocycles. The van der Waals surface area contributed by atoms with Gasteiger partial charge in [-0.1, -0.05) is 50.6 Å². The molecule has 0 aromatic heterocycles. The van der Waals surface area contributed by atoms with Crippen LogP contribution in [-0.2, 0) is 16.1 Å². The van der Waals surface area contributed by atoms with Crippen molar-refractivity contribution in [2.75, 3.05) is 19.6 Å². The van der Waals surface area contributed by atoms with E-state index < -0.39 is 12.2 Å². The van der Waals surface area contributed by atoms with Gasteiger partial charge in [0.15, 0.2) is 6.10 Å². The second-order valence-electron chi connectivity index (χ2n) is 9.86. The molecular weight excluding hydrogens is 416 g/mol. The van der Waals surface area contributed by atoms with E-state index in [0.717, 1.165) is 50.8 Å². The lowest BCUT2D eigenvalue weighted by atomic mass is 9.81. The minimum absolute atomic E-state index is 0.0777. The van der Waals surface area contributed by atoms with Crippen LogP contribution in [0, 0.1) is 29.1 Å². The molecule has 7 nitrogen and oxygen atoms in total. The van der Waals surface area contributed by atoms with Crippen molar-refractivity contribution in [3.8, 4) is 6.07 Å². The molecule has 33 heavy (non-hydrogen) atoms. The monoisotopic (exact) mass is 454 g/mol. The minimum Gasteiger partial charge on any atom is -0.436 e. The first-order valence-electron chi connectivity index (χ1n) is 12.4. The van der Waals surface area contributed by atoms with Crippen LogP contribution in [0.2, 0.25) is 0 Å². The smallest absolute Gasteiger partial charge is 0.408 e. The highest BCUT2D eigenvalue weighted by Crippen LogP contribution is 2.30. The van der Waals surface area contributed by atoms with Gasteiger partial charge < -0.3 is 20.3 Å². The molecule has 4 unspecified atom stereocenters. The van der Waals surface area contributed by atoms with Gasteiger partial charge in [0.05, 0.1) is 6.07 Å². The van der Waals surface area contributed by atoms with Crippen LogP contribution >= 0.6 is 0 Å². The number of nitriles is 1. The molecule has 1 aromatic carbocycles. The number of hydrogen-bond donors (Lipinski definition) is 2. The van der Waals surface area contributed by atoms with E-state index >= 15 is 0 Å². The van der Waals surface area contributed by atoms with Gasteiger partial charge in [-0.05, 0) is 56.0 Å². The maximum absolute atomic E-state index is 13.7. The Morgan fingerprint density at radius 2 is 2.03 bits per heavy atom. The first-order valence-corrected chi connectivity index (χ1v) is 12.4. The second kappa shape index (κ2) is 12.6. The molecule has 2 aliphatic rings. The predicted octanol–water partition coefficient (Wildman–Crippen LogP) is 3.85. The van der Waals surface area contributed by atoms with E-state index in [1.165, 1.54) is 0 Å². The highest BCUT2D eigenvalue weighted by molar-refractivity contribution is 5.84. The Morgan fingerprint density at radius 1 is 1.24 bits per heavy atom. The lowest BCUT2D eigenvalue weighted by Gasteiger charge is -2.36. The van der Waals surface area contributed by atoms with Gasteiger partial charge in [-0.15, -0.1) is 0 Å². The van der Waals surface area contributed by atoms with Crippen molar-refractivity contribution in [2.45, 2.75) is 71.1 Å². The summed E-state index contributed by atoms with van der Waals surface area (Å²) in [5.74, 6) is 0.502. The van der Waals surface area contributed by atoms with Crippen LogP contribution in [0.5, 0.6) is 0 Å². The fraction of sp³-hybridized carbons (Fsp3) is 0.654. The third kappa shape index (κ3) is 7.75. The van der Waals surface area contributed by atoms with Crippen molar-refractivity contribution in [3.05, 3.63) is 35.9 Å². The van der Waals surface area contributed by atoms with Crippen LogP contribution < -0.4 is 10.6 Å². The molecule has 0 bridgehead atoms. The maximum atomic E-state index is 13.7. The highest BCUT2D eigenvalue weighted by Gasteiger charge is 2.36. The van der Waals surface area contributed by atoms with E-state index in [-0.39, 0.29) is 23.8 Å². The number of carbonyl (C=O) groups is 2. The summed E-state index contributed by atoms with van der Waals surface area (Å²) in [6.07, 6.45) is 3.87. The number of ether oxygens (including phenoxy) is 1. The third-order valence-electron chi connectivity index (χ3n) is 6.67. The second-order valence-corrected chi connectivity index (χ2v) is 9.86. The number of carbonyl (C=O) groups excluding carboxylic acids is 2. The molecule has 1 aliphatic heterocycles. The zero-order valence-electron chi connectivity index (χ0n) is 20.0. The number of rotatable bonds is 9. The molecular formula is C26H38N4O3. The van der Waals surface area contributed by atoms with E-state index in [1.807, 2.05) is 49.1 Å². The predicted molar refractivity (Wildman–Crippen MR) is 127 cm³/mol. The summed E-state index contributed by atoms with van der Waals surface area (Å²) in [7, 11) is 0. The molecule has 2 amide bonds. The molecule has 1 saturated heterocycles. The topological polar surface area (TPSA) is 94.5 Å². The zero-order valence-corrected chi connectivity index (χ0v) is 20.0. The summed E-state index contributed by atoms with van der Waals surface area (Å²) in [5.41, 5.74) is 0.976. The Kier molecular flexibility index (Phi) is 9.56. The quantitative estimate of drug-likeness (QED) is 0.591. The minimum atomic E-state index is -0.809. The Bertz CT molecular complexity index is 802. The van der Waals surface area contributed by atoms with Gasteiger partial charge in [0.25, 0.3) is 5.91 Å². The molecule has 3 rings (SSSR count). The molecule has 2 N–H and O–H groups in total. The summed E-state index contributed by atoms with van der Waals surface area (Å²) in [4.78, 5) is 28.3. The molecule has 2 fully saturated rings. The molecule has 0 spiro atoms. The highest BCUT2D eigenvalue weighted by atomic mass is 16.6. The third-order valence-corrected chi connectivity index (χ3v) is 6.67. The number of alkyl carbamates (subject to hydrolysis) is 1. The van der Waals surface area contributed by atoms with Crippen LogP contribution in [0.25, 0.3) is 0 Å². The molecule has 1 aliphatic carbocycles. The van der Waals surface area contributed by atoms with Crippen LogP contribution in [-0.4, -0.2) is 48.7 Å². The van der Waals surface area contributed by atoms with Gasteiger partial charge in [0, 0.05) is 31.6 Å². The number of benzene rings is 1. The number of nitrogens with zero attached hydrogens (tertiary/aromatic N) is 2. The Labute approximate surface area is 197 Å². The van der Waals surface area contributed by atoms with Crippen LogP contribution in [0.15, 0.2) is 30.3 Å². The average Bonchev–Trinajstić information content (AvgIpc) is 3.35. The van der Waals surface area contributed by atoms with Gasteiger partial charge in [0.2, 0.25) is 0 Å². The standard InChI is InChI=1S/C26H38N4O3/c1-19(2)13-24(33-26(32)29-16-20-7-4-3-5-8-20)25(31)30(23-11-12-28-17-23)18-22-10-6-9-21(14-22)15-27/h3-5,7-8,19,21-24,28H,6,9-14,16-18H2,1-2H3,(H,29,32). The van der Waals surface area contributed by atoms with Crippen molar-refractivity contribution in [3.63, 3.8) is 0 Å². The number of hydrogen-bond acceptors (Lipinski definition) is 5. The Morgan fingerprint density at radius 3 is 2.70 bits per heavy atom. The first-order chi connectivity index (χ1) is 16.0. The van der Waals surface area contributed by atoms with Crippen molar-refractivity contribution in [1.29, 1.82) is 5.26 Å². The normalized spacial score (nSPS) is 23.5. The van der Waals surface area contributed by atoms with Crippen molar-refractivity contribution >= 4 is 12.0 Å². The lowest BCUT2D eigenvalue weighted by Crippen LogP contribution is -2.51. The molecule has 1 heterocycles. The molecule has 0 radical (unpaired) electrons. The zero-order chi connectivity index (χ0) is 23.6. The van der Waals surface area contributed by atoms with Crippen LogP contribution in [0.1, 0.15) is 57.9 Å². The maximum Gasteiger partial charge on any atom is 0.408 e. The Balaban J connectivity index is 1.67. The number of amides is 2. The molecule has 7 heteroatoms. The van der Waals surface area contributed by atoms with Gasteiger partial charge in [-0.3, -0.25) is 4.79 Å². The fourth-order valence-electron chi connectivity index (χ4n) is 4.93. The van der Waals surface area contributed by atoms with E-state index in [9.17, 15) is 14.9 Å². The molecule has 1 aromatic rings. The molecule has 4 atom stereocenters. The van der Waals surface area contributed by atoms with Crippen LogP contribution in [0.3, 0.4) is 0 Å². The fourth-order valence-corrected chi connectivity index (χ4v) is 4.93. The van der Waals surface area contributed by atoms with Gasteiger partial charge >= 0.3 is 6.09 Å². The van der Waals surface area contributed by atoms with E-state index in [1.54, 1.807) is 0 Å². The average molecular weight is 455 g/mol. The van der Waals surface area contributed by atoms with E-state index in [4.69, 9.17) is 4.74 Å². The van der Waals surface area contributed by atoms with E-state index in [0.29, 0.717) is 25.4 Å². The SMILES string of the molecule is CC(C)CC(OC(=O)NCc1ccccc1)C(=O)N(CC1CCCC(C#N)C1)C1CCNC1. The summed E-state index contributed by atoms with van der Waals surface area (Å²) in [6, 6.07) is 12.2. The van der Waals surface area contributed by atoms with Crippen LogP contribution in [0.4, 0.5) is 4.79 Å². The summed E-state index contributed by atoms with van der Waals surface area (Å²) in [6.45, 7) is 6.70. The lowest BCUT2D eigenvalue weighted by molar-refractivity contribution is -0.144. The summed E-state index contributed by atoms with van der Waals surface area (Å²) < 4.78 is 5.70. The van der Waals surface area contributed by atoms with Crippen molar-refractivity contribution in [1.82, 2.24) is 15.5 Å². The van der Waals surface area contributed by atoms with Gasteiger partial charge in [-0.25, -0.2) is 4.79 Å². The van der Waals surface area contributed by atoms with Crippen molar-refractivity contribution < 1.29 is 14.3 Å². The largest absolute Gasteiger partial charge is 0.436 e. The van der Waals surface area contributed by atoms with E-state index in [2.05, 4.69) is 16.7 Å². The summed E-state index contributed by atoms with van der Waals surface area (Å²) >= 11 is 0.